The smallest absolute Gasteiger partial charge is 0.299 e. The van der Waals surface area contributed by atoms with Crippen LogP contribution >= 0.6 is 111 Å². The Labute approximate surface area is 185 Å². The van der Waals surface area contributed by atoms with Gasteiger partial charge in [0.05, 0.1) is 0 Å². The molecule has 0 aromatic heterocycles. The Kier molecular flexibility index (Phi) is 97.2. The first-order valence-corrected chi connectivity index (χ1v) is 9.02. The van der Waals surface area contributed by atoms with Gasteiger partial charge in [-0.15, -0.1) is 16.8 Å². The average Bonchev–Trinajstić information content (AvgIpc) is 1.62. The van der Waals surface area contributed by atoms with Crippen LogP contribution < -0.4 is 0 Å². The quantitative estimate of drug-likeness (QED) is 0.131. The third-order valence-corrected chi connectivity index (χ3v) is 0. The zero-order valence-electron chi connectivity index (χ0n) is 14.2. The van der Waals surface area contributed by atoms with Crippen molar-refractivity contribution < 1.29 is 74.2 Å². The number of hydrogen-bond acceptors (Lipinski definition) is 4. The van der Waals surface area contributed by atoms with Crippen molar-refractivity contribution in [1.82, 2.24) is 0 Å². The topological polar surface area (TPSA) is 230 Å². The first-order chi connectivity index (χ1) is 8.00. The summed E-state index contributed by atoms with van der Waals surface area (Å²) in [4.78, 5) is 55.7. The predicted molar refractivity (Wildman–Crippen MR) is 141 cm³/mol. The summed E-state index contributed by atoms with van der Waals surface area (Å²) >= 11 is 0. The van der Waals surface area contributed by atoms with Gasteiger partial charge in [-0.25, -0.2) is 18.3 Å². The summed E-state index contributed by atoms with van der Waals surface area (Å²) in [6, 6.07) is 0. The maximum Gasteiger partial charge on any atom is 0.507 e. The van der Waals surface area contributed by atoms with E-state index in [4.69, 9.17) is 57.4 Å². The van der Waals surface area contributed by atoms with Crippen molar-refractivity contribution in [2.45, 2.75) is 0 Å². The highest BCUT2D eigenvalue weighted by Gasteiger charge is 2.06. The summed E-state index contributed by atoms with van der Waals surface area (Å²) in [7, 11) is -20.6. The number of halogens is 4. The molecule has 0 aromatic carbocycles. The van der Waals surface area contributed by atoms with Crippen molar-refractivity contribution in [3.05, 3.63) is 0 Å². The molecular weight excluding hydrogens is 640 g/mol. The zero-order valence-corrected chi connectivity index (χ0v) is 29.1. The van der Waals surface area contributed by atoms with Crippen LogP contribution in [0, 0.1) is 0 Å². The maximum atomic E-state index is 10.4. The van der Waals surface area contributed by atoms with Gasteiger partial charge in [0.1, 0.15) is 0 Å². The molecule has 0 heterocycles. The van der Waals surface area contributed by atoms with Crippen LogP contribution in [0.15, 0.2) is 0 Å². The van der Waals surface area contributed by atoms with Gasteiger partial charge < -0.3 is 0 Å². The van der Waals surface area contributed by atoms with Crippen LogP contribution in [0.1, 0.15) is 0 Å². The molecule has 0 saturated heterocycles. The second kappa shape index (κ2) is 35.4. The summed E-state index contributed by atoms with van der Waals surface area (Å²) < 4.78 is 76.1. The van der Waals surface area contributed by atoms with Crippen molar-refractivity contribution in [1.29, 1.82) is 0 Å². The first kappa shape index (κ1) is 77.0. The lowest BCUT2D eigenvalue weighted by Gasteiger charge is -1.78. The molecule has 28 heavy (non-hydrogen) atoms. The fourth-order valence-corrected chi connectivity index (χ4v) is 0. The Hall–Kier alpha value is 3.76. The molecule has 0 aliphatic carbocycles. The van der Waals surface area contributed by atoms with E-state index in [0.29, 0.717) is 0 Å². The summed E-state index contributed by atoms with van der Waals surface area (Å²) in [5, 5.41) is 0. The van der Waals surface area contributed by atoms with Crippen LogP contribution in [0.4, 0.5) is 16.8 Å². The van der Waals surface area contributed by atoms with Gasteiger partial charge in [0.25, 0.3) is 0 Å². The minimum atomic E-state index is -5.14. The van der Waals surface area contributed by atoms with Crippen LogP contribution in [0.25, 0.3) is 0 Å². The van der Waals surface area contributed by atoms with Crippen molar-refractivity contribution in [3.8, 4) is 0 Å². The van der Waals surface area contributed by atoms with Crippen LogP contribution in [-0.2, 0) is 18.3 Å². The van der Waals surface area contributed by atoms with Gasteiger partial charge in [-0.3, -0.25) is 39.1 Å². The lowest BCUT2D eigenvalue weighted by Crippen LogP contribution is -1.56. The molecule has 192 valence electrons. The van der Waals surface area contributed by atoms with Gasteiger partial charge in [0, 0.05) is 0 Å². The Morgan fingerprint density at radius 3 is 0.321 bits per heavy atom. The average molecular weight is 672 g/mol. The lowest BCUT2D eigenvalue weighted by atomic mass is 15.8. The SMILES string of the molecule is O=P(O)(O)F.O=P(O)(O)F.O=P(O)(O)F.O=P(O)(O)F.P.P.P.P.P.P.P.P. The number of hydrogen-bond donors (Lipinski definition) is 8. The molecule has 0 saturated carbocycles. The van der Waals surface area contributed by atoms with Crippen LogP contribution in [-0.4, -0.2) is 39.1 Å². The van der Waals surface area contributed by atoms with E-state index in [9.17, 15) is 16.8 Å². The highest BCUT2D eigenvalue weighted by Crippen LogP contribution is 2.36. The van der Waals surface area contributed by atoms with E-state index in [2.05, 4.69) is 0 Å². The Balaban J connectivity index is -0.0000000111. The summed E-state index contributed by atoms with van der Waals surface area (Å²) in [5.74, 6) is 0. The van der Waals surface area contributed by atoms with E-state index in [-0.39, 0.29) is 79.2 Å². The fraction of sp³-hybridized carbons (Fsp3) is 0. The second-order valence-electron chi connectivity index (χ2n) is 1.89. The third-order valence-electron chi connectivity index (χ3n) is 0. The zero-order chi connectivity index (χ0) is 18.0. The monoisotopic (exact) mass is 672 g/mol. The Bertz CT molecular complexity index is 305. The van der Waals surface area contributed by atoms with E-state index in [1.807, 2.05) is 0 Å². The Morgan fingerprint density at radius 2 is 0.321 bits per heavy atom. The van der Waals surface area contributed by atoms with E-state index in [0.717, 1.165) is 0 Å². The van der Waals surface area contributed by atoms with Gasteiger partial charge in [-0.2, -0.15) is 79.2 Å². The minimum Gasteiger partial charge on any atom is -0.299 e. The molecular formula is H32F4O12P12. The molecule has 0 spiro atoms. The predicted octanol–water partition coefficient (Wildman–Crippen LogP) is 0.659. The van der Waals surface area contributed by atoms with Gasteiger partial charge in [0.2, 0.25) is 0 Å². The molecule has 0 aliphatic heterocycles. The van der Waals surface area contributed by atoms with E-state index in [1.165, 1.54) is 0 Å². The van der Waals surface area contributed by atoms with Gasteiger partial charge in [-0.1, -0.05) is 0 Å². The van der Waals surface area contributed by atoms with Crippen LogP contribution in [0.2, 0.25) is 0 Å². The fourth-order valence-electron chi connectivity index (χ4n) is 0. The van der Waals surface area contributed by atoms with Crippen LogP contribution in [0.3, 0.4) is 0 Å². The summed E-state index contributed by atoms with van der Waals surface area (Å²) in [6.45, 7) is 0. The molecule has 0 rings (SSSR count). The summed E-state index contributed by atoms with van der Waals surface area (Å²) in [6.07, 6.45) is 0. The Morgan fingerprint density at radius 1 is 0.321 bits per heavy atom. The molecule has 28 heteroatoms. The lowest BCUT2D eigenvalue weighted by molar-refractivity contribution is 0.320. The van der Waals surface area contributed by atoms with Gasteiger partial charge in [0.15, 0.2) is 0 Å². The largest absolute Gasteiger partial charge is 0.507 e. The molecule has 0 aliphatic rings. The molecule has 0 bridgehead atoms. The molecule has 0 radical (unpaired) electrons. The molecule has 8 N–H and O–H groups in total. The van der Waals surface area contributed by atoms with E-state index < -0.39 is 31.6 Å². The van der Waals surface area contributed by atoms with E-state index in [1.54, 1.807) is 0 Å². The molecule has 8 unspecified atom stereocenters. The van der Waals surface area contributed by atoms with Gasteiger partial charge in [-0.05, 0) is 0 Å². The second-order valence-corrected chi connectivity index (χ2v) is 5.68. The third kappa shape index (κ3) is 1740. The summed E-state index contributed by atoms with van der Waals surface area (Å²) in [5.41, 5.74) is 0. The first-order valence-electron chi connectivity index (χ1n) is 3.01. The maximum absolute atomic E-state index is 10.4. The van der Waals surface area contributed by atoms with Crippen molar-refractivity contribution in [2.75, 3.05) is 0 Å². The van der Waals surface area contributed by atoms with E-state index >= 15 is 0 Å². The molecule has 12 nitrogen and oxygen atoms in total. The van der Waals surface area contributed by atoms with Crippen LogP contribution in [0.5, 0.6) is 0 Å². The normalized spacial score (nSPS) is 8.43. The highest BCUT2D eigenvalue weighted by atomic mass is 31.2. The molecule has 8 atom stereocenters. The minimum absolute atomic E-state index is 0. The highest BCUT2D eigenvalue weighted by molar-refractivity contribution is 7.46. The van der Waals surface area contributed by atoms with Gasteiger partial charge >= 0.3 is 31.6 Å². The molecule has 0 fully saturated rings. The van der Waals surface area contributed by atoms with Crippen molar-refractivity contribution in [2.24, 2.45) is 0 Å². The molecule has 0 aromatic rings. The standard InChI is InChI=1S/4FH2O3P.8H3P/c4*1-5(2,3)4;;;;;;;;/h4*(H2,2,3,4);8*1H3. The van der Waals surface area contributed by atoms with Crippen molar-refractivity contribution >= 4 is 111 Å². The van der Waals surface area contributed by atoms with Crippen molar-refractivity contribution in [3.63, 3.8) is 0 Å². The number of rotatable bonds is 0. The molecule has 0 amide bonds.